The van der Waals surface area contributed by atoms with Crippen molar-refractivity contribution >= 4 is 17.7 Å². The van der Waals surface area contributed by atoms with E-state index in [4.69, 9.17) is 4.74 Å². The predicted octanol–water partition coefficient (Wildman–Crippen LogP) is 2.00. The highest BCUT2D eigenvalue weighted by Gasteiger charge is 2.30. The molecule has 0 saturated carbocycles. The van der Waals surface area contributed by atoms with Gasteiger partial charge in [-0.1, -0.05) is 0 Å². The van der Waals surface area contributed by atoms with E-state index in [0.29, 0.717) is 19.5 Å². The first-order valence-electron chi connectivity index (χ1n) is 7.82. The van der Waals surface area contributed by atoms with E-state index in [1.807, 2.05) is 20.8 Å². The maximum absolute atomic E-state index is 14.0. The number of hydrogen-bond donors (Lipinski definition) is 2. The van der Waals surface area contributed by atoms with Gasteiger partial charge < -0.3 is 20.3 Å². The molecule has 0 spiro atoms. The van der Waals surface area contributed by atoms with Crippen molar-refractivity contribution < 1.29 is 18.7 Å². The minimum Gasteiger partial charge on any atom is -0.444 e. The zero-order valence-electron chi connectivity index (χ0n) is 14.4. The second-order valence-electron chi connectivity index (χ2n) is 6.67. The van der Waals surface area contributed by atoms with Crippen molar-refractivity contribution in [2.24, 2.45) is 0 Å². The van der Waals surface area contributed by atoms with Crippen molar-refractivity contribution in [3.05, 3.63) is 23.8 Å². The van der Waals surface area contributed by atoms with Crippen LogP contribution in [-0.2, 0) is 4.74 Å². The smallest absolute Gasteiger partial charge is 0.410 e. The Labute approximate surface area is 140 Å². The number of nitrogens with zero attached hydrogens (tertiary/aromatic N) is 2. The van der Waals surface area contributed by atoms with Crippen LogP contribution in [0.1, 0.15) is 37.7 Å². The molecule has 2 heterocycles. The molecule has 2 N–H and O–H groups in total. The fourth-order valence-corrected chi connectivity index (χ4v) is 2.39. The van der Waals surface area contributed by atoms with Crippen LogP contribution in [0.5, 0.6) is 0 Å². The van der Waals surface area contributed by atoms with Gasteiger partial charge in [0.2, 0.25) is 5.95 Å². The number of anilines is 1. The molecule has 8 heteroatoms. The lowest BCUT2D eigenvalue weighted by Crippen LogP contribution is -2.36. The molecule has 7 nitrogen and oxygen atoms in total. The summed E-state index contributed by atoms with van der Waals surface area (Å²) in [5.41, 5.74) is -0.324. The normalized spacial score (nSPS) is 17.5. The molecule has 0 aromatic carbocycles. The number of carbonyl (C=O) groups excluding carboxylic acids is 2. The lowest BCUT2D eigenvalue weighted by atomic mass is 10.2. The maximum atomic E-state index is 14.0. The highest BCUT2D eigenvalue weighted by atomic mass is 19.1. The predicted molar refractivity (Wildman–Crippen MR) is 87.4 cm³/mol. The average Bonchev–Trinajstić information content (AvgIpc) is 2.95. The van der Waals surface area contributed by atoms with E-state index < -0.39 is 17.5 Å². The Kier molecular flexibility index (Phi) is 5.26. The molecule has 0 radical (unpaired) electrons. The third-order valence-corrected chi connectivity index (χ3v) is 3.51. The fraction of sp³-hybridized carbons (Fsp3) is 0.562. The Balaban J connectivity index is 1.96. The molecule has 1 aliphatic rings. The molecule has 0 bridgehead atoms. The number of hydrogen-bond acceptors (Lipinski definition) is 5. The number of nitrogens with one attached hydrogen (secondary N) is 2. The number of pyridine rings is 1. The summed E-state index contributed by atoms with van der Waals surface area (Å²) in [6, 6.07) is 2.83. The first-order valence-corrected chi connectivity index (χ1v) is 7.82. The summed E-state index contributed by atoms with van der Waals surface area (Å²) >= 11 is 0. The number of likely N-dealkylation sites (tertiary alicyclic amines) is 1. The minimum atomic E-state index is -0.744. The van der Waals surface area contributed by atoms with Crippen LogP contribution in [0.4, 0.5) is 14.9 Å². The molecule has 0 aliphatic carbocycles. The summed E-state index contributed by atoms with van der Waals surface area (Å²) < 4.78 is 19.3. The molecular formula is C16H23FN4O3. The first kappa shape index (κ1) is 18.0. The standard InChI is InChI=1S/C16H23FN4O3/c1-16(2,3)24-15(23)21-8-7-10(9-21)19-11-5-6-12(14(22)18-4)20-13(11)17/h5-6,10,19H,7-9H2,1-4H3,(H,18,22)/t10-/m1/s1. The lowest BCUT2D eigenvalue weighted by molar-refractivity contribution is 0.0293. The lowest BCUT2D eigenvalue weighted by Gasteiger charge is -2.24. The van der Waals surface area contributed by atoms with Crippen molar-refractivity contribution in [1.82, 2.24) is 15.2 Å². The fourth-order valence-electron chi connectivity index (χ4n) is 2.39. The van der Waals surface area contributed by atoms with Crippen molar-refractivity contribution in [3.63, 3.8) is 0 Å². The van der Waals surface area contributed by atoms with Gasteiger partial charge in [0, 0.05) is 26.2 Å². The molecule has 1 aromatic rings. The Hall–Kier alpha value is -2.38. The highest BCUT2D eigenvalue weighted by Crippen LogP contribution is 2.20. The van der Waals surface area contributed by atoms with Gasteiger partial charge >= 0.3 is 6.09 Å². The zero-order valence-corrected chi connectivity index (χ0v) is 14.4. The summed E-state index contributed by atoms with van der Waals surface area (Å²) in [4.78, 5) is 28.7. The molecule has 132 valence electrons. The number of amides is 2. The van der Waals surface area contributed by atoms with Crippen LogP contribution >= 0.6 is 0 Å². The van der Waals surface area contributed by atoms with Crippen LogP contribution < -0.4 is 10.6 Å². The van der Waals surface area contributed by atoms with Gasteiger partial charge in [0.15, 0.2) is 0 Å². The largest absolute Gasteiger partial charge is 0.444 e. The molecule has 1 aliphatic heterocycles. The average molecular weight is 338 g/mol. The third kappa shape index (κ3) is 4.56. The molecule has 2 amide bonds. The maximum Gasteiger partial charge on any atom is 0.410 e. The second-order valence-corrected chi connectivity index (χ2v) is 6.67. The molecule has 1 fully saturated rings. The van der Waals surface area contributed by atoms with E-state index in [2.05, 4.69) is 15.6 Å². The van der Waals surface area contributed by atoms with Crippen molar-refractivity contribution in [2.45, 2.75) is 38.8 Å². The van der Waals surface area contributed by atoms with Gasteiger partial charge in [-0.05, 0) is 39.3 Å². The molecule has 1 aromatic heterocycles. The molecular weight excluding hydrogens is 315 g/mol. The Bertz CT molecular complexity index is 630. The van der Waals surface area contributed by atoms with Crippen LogP contribution in [0.25, 0.3) is 0 Å². The van der Waals surface area contributed by atoms with Crippen molar-refractivity contribution in [1.29, 1.82) is 0 Å². The van der Waals surface area contributed by atoms with Crippen LogP contribution in [-0.4, -0.2) is 53.7 Å². The van der Waals surface area contributed by atoms with Gasteiger partial charge in [0.25, 0.3) is 5.91 Å². The molecule has 1 atom stereocenters. The second kappa shape index (κ2) is 7.02. The number of carbonyl (C=O) groups is 2. The third-order valence-electron chi connectivity index (χ3n) is 3.51. The minimum absolute atomic E-state index is 0.0161. The van der Waals surface area contributed by atoms with Gasteiger partial charge in [-0.3, -0.25) is 4.79 Å². The summed E-state index contributed by atoms with van der Waals surface area (Å²) in [6.07, 6.45) is 0.302. The van der Waals surface area contributed by atoms with Crippen LogP contribution in [0.3, 0.4) is 0 Å². The monoisotopic (exact) mass is 338 g/mol. The summed E-state index contributed by atoms with van der Waals surface area (Å²) in [5, 5.41) is 5.41. The van der Waals surface area contributed by atoms with Gasteiger partial charge in [0.1, 0.15) is 11.3 Å². The van der Waals surface area contributed by atoms with Gasteiger partial charge in [-0.25, -0.2) is 9.78 Å². The van der Waals surface area contributed by atoms with Gasteiger partial charge in [-0.15, -0.1) is 0 Å². The quantitative estimate of drug-likeness (QED) is 0.824. The van der Waals surface area contributed by atoms with Gasteiger partial charge in [-0.2, -0.15) is 4.39 Å². The SMILES string of the molecule is CNC(=O)c1ccc(N[C@@H]2CCN(C(=O)OC(C)(C)C)C2)c(F)n1. The highest BCUT2D eigenvalue weighted by molar-refractivity contribution is 5.92. The van der Waals surface area contributed by atoms with E-state index in [9.17, 15) is 14.0 Å². The summed E-state index contributed by atoms with van der Waals surface area (Å²) in [6.45, 7) is 6.40. The van der Waals surface area contributed by atoms with Crippen molar-refractivity contribution in [2.75, 3.05) is 25.5 Å². The number of aromatic nitrogens is 1. The Morgan fingerprint density at radius 1 is 1.38 bits per heavy atom. The summed E-state index contributed by atoms with van der Waals surface area (Å²) in [5.74, 6) is -1.19. The summed E-state index contributed by atoms with van der Waals surface area (Å²) in [7, 11) is 1.46. The molecule has 0 unspecified atom stereocenters. The van der Waals surface area contributed by atoms with E-state index in [1.54, 1.807) is 4.90 Å². The van der Waals surface area contributed by atoms with Crippen LogP contribution in [0.2, 0.25) is 0 Å². The van der Waals surface area contributed by atoms with E-state index in [0.717, 1.165) is 0 Å². The van der Waals surface area contributed by atoms with E-state index in [-0.39, 0.29) is 23.5 Å². The van der Waals surface area contributed by atoms with E-state index in [1.165, 1.54) is 19.2 Å². The van der Waals surface area contributed by atoms with Gasteiger partial charge in [0.05, 0.1) is 5.69 Å². The Morgan fingerprint density at radius 2 is 2.08 bits per heavy atom. The topological polar surface area (TPSA) is 83.6 Å². The van der Waals surface area contributed by atoms with E-state index >= 15 is 0 Å². The van der Waals surface area contributed by atoms with Crippen LogP contribution in [0, 0.1) is 5.95 Å². The number of rotatable bonds is 3. The van der Waals surface area contributed by atoms with Crippen molar-refractivity contribution in [3.8, 4) is 0 Å². The van der Waals surface area contributed by atoms with Crippen LogP contribution in [0.15, 0.2) is 12.1 Å². The molecule has 24 heavy (non-hydrogen) atoms. The molecule has 2 rings (SSSR count). The number of ether oxygens (including phenoxy) is 1. The number of halogens is 1. The Morgan fingerprint density at radius 3 is 2.67 bits per heavy atom. The molecule has 1 saturated heterocycles. The first-order chi connectivity index (χ1) is 11.2. The zero-order chi connectivity index (χ0) is 17.9.